The number of rotatable bonds is 7. The molecule has 1 N–H and O–H groups in total. The molecule has 0 bridgehead atoms. The fourth-order valence-corrected chi connectivity index (χ4v) is 1.14. The number of likely N-dealkylation sites (N-methyl/N-ethyl adjacent to an activating group) is 2. The molecule has 0 aromatic heterocycles. The van der Waals surface area contributed by atoms with Gasteiger partial charge in [-0.25, -0.2) is 0 Å². The summed E-state index contributed by atoms with van der Waals surface area (Å²) in [6, 6.07) is 0.608. The average molecular weight is 215 g/mol. The van der Waals surface area contributed by atoms with Gasteiger partial charge >= 0.3 is 0 Å². The molecule has 0 radical (unpaired) electrons. The number of hydrogen-bond acceptors (Lipinski definition) is 3. The van der Waals surface area contributed by atoms with Crippen LogP contribution in [0.4, 0.5) is 0 Å². The van der Waals surface area contributed by atoms with E-state index in [1.807, 2.05) is 0 Å². The maximum Gasteiger partial charge on any atom is 0.236 e. The number of nitrogens with one attached hydrogen (secondary N) is 1. The Morgan fingerprint density at radius 1 is 1.33 bits per heavy atom. The van der Waals surface area contributed by atoms with Crippen LogP contribution in [0.25, 0.3) is 0 Å². The van der Waals surface area contributed by atoms with Crippen LogP contribution in [0.3, 0.4) is 0 Å². The van der Waals surface area contributed by atoms with E-state index in [4.69, 9.17) is 0 Å². The molecular formula is C11H25N3O. The summed E-state index contributed by atoms with van der Waals surface area (Å²) in [7, 11) is 5.66. The first-order valence-electron chi connectivity index (χ1n) is 5.60. The summed E-state index contributed by atoms with van der Waals surface area (Å²) >= 11 is 0. The zero-order chi connectivity index (χ0) is 11.8. The van der Waals surface area contributed by atoms with Crippen molar-refractivity contribution in [2.75, 3.05) is 40.8 Å². The zero-order valence-corrected chi connectivity index (χ0v) is 10.7. The summed E-state index contributed by atoms with van der Waals surface area (Å²) in [6.07, 6.45) is 1.16. The first-order chi connectivity index (χ1) is 6.99. The van der Waals surface area contributed by atoms with Crippen molar-refractivity contribution in [3.63, 3.8) is 0 Å². The van der Waals surface area contributed by atoms with E-state index in [-0.39, 0.29) is 5.91 Å². The highest BCUT2D eigenvalue weighted by molar-refractivity contribution is 5.77. The van der Waals surface area contributed by atoms with Crippen molar-refractivity contribution in [3.05, 3.63) is 0 Å². The summed E-state index contributed by atoms with van der Waals surface area (Å²) in [5.41, 5.74) is 0. The largest absolute Gasteiger partial charge is 0.348 e. The van der Waals surface area contributed by atoms with E-state index in [2.05, 4.69) is 31.1 Å². The summed E-state index contributed by atoms with van der Waals surface area (Å²) in [6.45, 7) is 6.67. The average Bonchev–Trinajstić information content (AvgIpc) is 2.22. The van der Waals surface area contributed by atoms with Gasteiger partial charge in [0.2, 0.25) is 5.91 Å². The molecule has 0 saturated carbocycles. The molecule has 0 aliphatic carbocycles. The third kappa shape index (κ3) is 6.47. The summed E-state index contributed by atoms with van der Waals surface area (Å²) in [4.78, 5) is 15.1. The van der Waals surface area contributed by atoms with Crippen molar-refractivity contribution < 1.29 is 4.79 Å². The molecule has 0 rings (SSSR count). The second-order valence-corrected chi connectivity index (χ2v) is 4.20. The molecule has 0 heterocycles. The minimum atomic E-state index is 0.126. The SMILES string of the molecule is CCC(C)N(C)CCNCC(=O)N(C)C. The molecule has 0 aromatic rings. The van der Waals surface area contributed by atoms with Gasteiger partial charge in [-0.05, 0) is 20.4 Å². The molecular weight excluding hydrogens is 190 g/mol. The van der Waals surface area contributed by atoms with Crippen molar-refractivity contribution in [1.82, 2.24) is 15.1 Å². The molecule has 0 fully saturated rings. The second kappa shape index (κ2) is 7.65. The van der Waals surface area contributed by atoms with E-state index in [9.17, 15) is 4.79 Å². The van der Waals surface area contributed by atoms with Gasteiger partial charge in [0.05, 0.1) is 6.54 Å². The van der Waals surface area contributed by atoms with Gasteiger partial charge < -0.3 is 15.1 Å². The summed E-state index contributed by atoms with van der Waals surface area (Å²) in [5, 5.41) is 3.14. The number of nitrogens with zero attached hydrogens (tertiary/aromatic N) is 2. The lowest BCUT2D eigenvalue weighted by Crippen LogP contribution is -2.38. The van der Waals surface area contributed by atoms with Gasteiger partial charge in [-0.2, -0.15) is 0 Å². The maximum atomic E-state index is 11.2. The predicted octanol–water partition coefficient (Wildman–Crippen LogP) is 0.395. The fraction of sp³-hybridized carbons (Fsp3) is 0.909. The molecule has 15 heavy (non-hydrogen) atoms. The van der Waals surface area contributed by atoms with Gasteiger partial charge in [0.1, 0.15) is 0 Å². The third-order valence-electron chi connectivity index (χ3n) is 2.76. The van der Waals surface area contributed by atoms with Crippen LogP contribution in [0.5, 0.6) is 0 Å². The maximum absolute atomic E-state index is 11.2. The minimum absolute atomic E-state index is 0.126. The molecule has 1 amide bonds. The quantitative estimate of drug-likeness (QED) is 0.624. The van der Waals surface area contributed by atoms with E-state index in [1.54, 1.807) is 19.0 Å². The number of carbonyl (C=O) groups excluding carboxylic acids is 1. The highest BCUT2D eigenvalue weighted by Crippen LogP contribution is 1.97. The van der Waals surface area contributed by atoms with Gasteiger partial charge in [0, 0.05) is 33.2 Å². The Labute approximate surface area is 93.6 Å². The van der Waals surface area contributed by atoms with Gasteiger partial charge in [-0.15, -0.1) is 0 Å². The molecule has 0 saturated heterocycles. The van der Waals surface area contributed by atoms with Crippen LogP contribution >= 0.6 is 0 Å². The molecule has 0 aromatic carbocycles. The third-order valence-corrected chi connectivity index (χ3v) is 2.76. The predicted molar refractivity (Wildman–Crippen MR) is 63.9 cm³/mol. The van der Waals surface area contributed by atoms with Gasteiger partial charge in [-0.3, -0.25) is 4.79 Å². The first-order valence-corrected chi connectivity index (χ1v) is 5.60. The molecule has 0 aliphatic heterocycles. The van der Waals surface area contributed by atoms with E-state index in [0.29, 0.717) is 12.6 Å². The Bertz CT molecular complexity index is 183. The Morgan fingerprint density at radius 3 is 2.40 bits per heavy atom. The van der Waals surface area contributed by atoms with Crippen LogP contribution in [-0.4, -0.2) is 62.5 Å². The first kappa shape index (κ1) is 14.4. The standard InChI is InChI=1S/C11H25N3O/c1-6-10(2)14(5)8-7-12-9-11(15)13(3)4/h10,12H,6-9H2,1-5H3. The monoisotopic (exact) mass is 215 g/mol. The van der Waals surface area contributed by atoms with Crippen molar-refractivity contribution in [3.8, 4) is 0 Å². The lowest BCUT2D eigenvalue weighted by molar-refractivity contribution is -0.127. The molecule has 90 valence electrons. The summed E-state index contributed by atoms with van der Waals surface area (Å²) in [5.74, 6) is 0.126. The topological polar surface area (TPSA) is 35.6 Å². The van der Waals surface area contributed by atoms with Crippen LogP contribution in [-0.2, 0) is 4.79 Å². The molecule has 1 unspecified atom stereocenters. The van der Waals surface area contributed by atoms with Crippen molar-refractivity contribution in [1.29, 1.82) is 0 Å². The number of hydrogen-bond donors (Lipinski definition) is 1. The number of amides is 1. The Hall–Kier alpha value is -0.610. The highest BCUT2D eigenvalue weighted by atomic mass is 16.2. The van der Waals surface area contributed by atoms with Gasteiger partial charge in [-0.1, -0.05) is 6.92 Å². The van der Waals surface area contributed by atoms with Crippen LogP contribution in [0.2, 0.25) is 0 Å². The second-order valence-electron chi connectivity index (χ2n) is 4.20. The molecule has 0 spiro atoms. The van der Waals surface area contributed by atoms with Crippen molar-refractivity contribution in [2.24, 2.45) is 0 Å². The normalized spacial score (nSPS) is 12.9. The van der Waals surface area contributed by atoms with Crippen molar-refractivity contribution >= 4 is 5.91 Å². The van der Waals surface area contributed by atoms with E-state index < -0.39 is 0 Å². The van der Waals surface area contributed by atoms with Crippen LogP contribution in [0.1, 0.15) is 20.3 Å². The summed E-state index contributed by atoms with van der Waals surface area (Å²) < 4.78 is 0. The van der Waals surface area contributed by atoms with Crippen LogP contribution < -0.4 is 5.32 Å². The zero-order valence-electron chi connectivity index (χ0n) is 10.7. The van der Waals surface area contributed by atoms with Crippen molar-refractivity contribution in [2.45, 2.75) is 26.3 Å². The molecule has 4 nitrogen and oxygen atoms in total. The van der Waals surface area contributed by atoms with Gasteiger partial charge in [0.15, 0.2) is 0 Å². The lowest BCUT2D eigenvalue weighted by atomic mass is 10.2. The molecule has 4 heteroatoms. The Kier molecular flexibility index (Phi) is 7.34. The van der Waals surface area contributed by atoms with Gasteiger partial charge in [0.25, 0.3) is 0 Å². The highest BCUT2D eigenvalue weighted by Gasteiger charge is 2.06. The van der Waals surface area contributed by atoms with E-state index in [1.165, 1.54) is 0 Å². The van der Waals surface area contributed by atoms with Crippen LogP contribution in [0, 0.1) is 0 Å². The van der Waals surface area contributed by atoms with Crippen LogP contribution in [0.15, 0.2) is 0 Å². The Balaban J connectivity index is 3.50. The molecule has 0 aliphatic rings. The lowest BCUT2D eigenvalue weighted by Gasteiger charge is -2.23. The minimum Gasteiger partial charge on any atom is -0.348 e. The van der Waals surface area contributed by atoms with E-state index in [0.717, 1.165) is 19.5 Å². The number of carbonyl (C=O) groups is 1. The Morgan fingerprint density at radius 2 is 1.93 bits per heavy atom. The molecule has 1 atom stereocenters. The smallest absolute Gasteiger partial charge is 0.236 e. The fourth-order valence-electron chi connectivity index (χ4n) is 1.14. The van der Waals surface area contributed by atoms with E-state index >= 15 is 0 Å².